The normalized spacial score (nSPS) is 11.0. The van der Waals surface area contributed by atoms with Crippen molar-refractivity contribution in [2.75, 3.05) is 0 Å². The van der Waals surface area contributed by atoms with Gasteiger partial charge in [-0.1, -0.05) is 18.2 Å². The Balaban J connectivity index is 1.90. The summed E-state index contributed by atoms with van der Waals surface area (Å²) in [7, 11) is 0. The van der Waals surface area contributed by atoms with Gasteiger partial charge >= 0.3 is 0 Å². The fourth-order valence-corrected chi connectivity index (χ4v) is 2.53. The van der Waals surface area contributed by atoms with Crippen LogP contribution >= 0.6 is 0 Å². The molecule has 2 aromatic carbocycles. The summed E-state index contributed by atoms with van der Waals surface area (Å²) in [4.78, 5) is 16.5. The monoisotopic (exact) mass is 273 g/mol. The number of benzene rings is 2. The van der Waals surface area contributed by atoms with E-state index in [0.29, 0.717) is 11.1 Å². The van der Waals surface area contributed by atoms with E-state index in [4.69, 9.17) is 4.42 Å². The number of nitrogens with zero attached hydrogens (tertiary/aromatic N) is 1. The van der Waals surface area contributed by atoms with E-state index < -0.39 is 0 Å². The van der Waals surface area contributed by atoms with Gasteiger partial charge in [0, 0.05) is 34.3 Å². The smallest absolute Gasteiger partial charge is 0.194 e. The van der Waals surface area contributed by atoms with Gasteiger partial charge in [-0.25, -0.2) is 0 Å². The lowest BCUT2D eigenvalue weighted by molar-refractivity contribution is 0.103. The van der Waals surface area contributed by atoms with E-state index in [-0.39, 0.29) is 5.78 Å². The quantitative estimate of drug-likeness (QED) is 0.514. The number of rotatable bonds is 2. The Morgan fingerprint density at radius 3 is 2.57 bits per heavy atom. The number of fused-ring (bicyclic) bond motifs is 3. The van der Waals surface area contributed by atoms with Crippen molar-refractivity contribution in [3.63, 3.8) is 0 Å². The number of hydrogen-bond donors (Lipinski definition) is 0. The number of carbonyl (C=O) groups excluding carboxylic acids is 1. The van der Waals surface area contributed by atoms with E-state index in [2.05, 4.69) is 4.98 Å². The van der Waals surface area contributed by atoms with Crippen molar-refractivity contribution < 1.29 is 9.21 Å². The number of furan rings is 1. The first-order chi connectivity index (χ1) is 10.3. The van der Waals surface area contributed by atoms with Gasteiger partial charge in [-0.15, -0.1) is 0 Å². The summed E-state index contributed by atoms with van der Waals surface area (Å²) in [6.45, 7) is 0. The van der Waals surface area contributed by atoms with Crippen molar-refractivity contribution in [3.8, 4) is 0 Å². The van der Waals surface area contributed by atoms with Crippen molar-refractivity contribution in [3.05, 3.63) is 78.1 Å². The van der Waals surface area contributed by atoms with Crippen LogP contribution in [0.15, 0.2) is 71.4 Å². The highest BCUT2D eigenvalue weighted by molar-refractivity contribution is 6.13. The second kappa shape index (κ2) is 4.56. The number of para-hydroxylation sites is 1. The third-order valence-corrected chi connectivity index (χ3v) is 3.56. The van der Waals surface area contributed by atoms with Crippen LogP contribution in [0.4, 0.5) is 0 Å². The molecule has 21 heavy (non-hydrogen) atoms. The van der Waals surface area contributed by atoms with Gasteiger partial charge in [0.25, 0.3) is 0 Å². The molecular formula is C18H11NO2. The maximum absolute atomic E-state index is 12.5. The Labute approximate surface area is 120 Å². The zero-order chi connectivity index (χ0) is 14.2. The van der Waals surface area contributed by atoms with Crippen LogP contribution in [0.5, 0.6) is 0 Å². The van der Waals surface area contributed by atoms with Gasteiger partial charge in [-0.3, -0.25) is 9.78 Å². The fraction of sp³-hybridized carbons (Fsp3) is 0. The second-order valence-electron chi connectivity index (χ2n) is 4.88. The molecule has 0 fully saturated rings. The maximum atomic E-state index is 12.5. The number of pyridine rings is 1. The lowest BCUT2D eigenvalue weighted by Crippen LogP contribution is -2.01. The van der Waals surface area contributed by atoms with Crippen LogP contribution in [-0.2, 0) is 0 Å². The first kappa shape index (κ1) is 11.9. The standard InChI is InChI=1S/C18H11NO2/c20-18(13-4-3-9-19-11-13)12-7-8-17-15(10-12)14-5-1-2-6-16(14)21-17/h1-11H. The van der Waals surface area contributed by atoms with Gasteiger partial charge in [-0.2, -0.15) is 0 Å². The number of hydrogen-bond acceptors (Lipinski definition) is 3. The Kier molecular flexibility index (Phi) is 2.57. The lowest BCUT2D eigenvalue weighted by atomic mass is 10.0. The van der Waals surface area contributed by atoms with Gasteiger partial charge in [0.15, 0.2) is 5.78 Å². The first-order valence-corrected chi connectivity index (χ1v) is 6.69. The summed E-state index contributed by atoms with van der Waals surface area (Å²) in [6.07, 6.45) is 3.24. The highest BCUT2D eigenvalue weighted by Crippen LogP contribution is 2.29. The van der Waals surface area contributed by atoms with Crippen molar-refractivity contribution >= 4 is 27.7 Å². The van der Waals surface area contributed by atoms with Crippen LogP contribution < -0.4 is 0 Å². The van der Waals surface area contributed by atoms with Crippen molar-refractivity contribution in [2.24, 2.45) is 0 Å². The van der Waals surface area contributed by atoms with Crippen LogP contribution in [0, 0.1) is 0 Å². The van der Waals surface area contributed by atoms with Crippen molar-refractivity contribution in [1.82, 2.24) is 4.98 Å². The average Bonchev–Trinajstić information content (AvgIpc) is 2.93. The molecule has 0 atom stereocenters. The van der Waals surface area contributed by atoms with Crippen LogP contribution in [0.1, 0.15) is 15.9 Å². The summed E-state index contributed by atoms with van der Waals surface area (Å²) in [6, 6.07) is 16.9. The highest BCUT2D eigenvalue weighted by atomic mass is 16.3. The van der Waals surface area contributed by atoms with Crippen molar-refractivity contribution in [1.29, 1.82) is 0 Å². The van der Waals surface area contributed by atoms with Crippen molar-refractivity contribution in [2.45, 2.75) is 0 Å². The van der Waals surface area contributed by atoms with E-state index >= 15 is 0 Å². The minimum atomic E-state index is -0.0321. The van der Waals surface area contributed by atoms with Gasteiger partial charge in [-0.05, 0) is 36.4 Å². The molecule has 0 amide bonds. The minimum Gasteiger partial charge on any atom is -0.456 e. The summed E-state index contributed by atoms with van der Waals surface area (Å²) in [5.74, 6) is -0.0321. The molecule has 4 rings (SSSR count). The van der Waals surface area contributed by atoms with Gasteiger partial charge in [0.2, 0.25) is 0 Å². The molecule has 0 aliphatic heterocycles. The molecule has 0 bridgehead atoms. The Hall–Kier alpha value is -2.94. The summed E-state index contributed by atoms with van der Waals surface area (Å²) >= 11 is 0. The second-order valence-corrected chi connectivity index (χ2v) is 4.88. The topological polar surface area (TPSA) is 43.1 Å². The molecule has 0 radical (unpaired) electrons. The fourth-order valence-electron chi connectivity index (χ4n) is 2.53. The number of ketones is 1. The van der Waals surface area contributed by atoms with E-state index in [1.54, 1.807) is 30.6 Å². The molecule has 0 spiro atoms. The van der Waals surface area contributed by atoms with Crippen LogP contribution in [0.3, 0.4) is 0 Å². The molecule has 2 heterocycles. The molecule has 0 saturated heterocycles. The van der Waals surface area contributed by atoms with E-state index in [9.17, 15) is 4.79 Å². The SMILES string of the molecule is O=C(c1cccnc1)c1ccc2oc3ccccc3c2c1. The van der Waals surface area contributed by atoms with Crippen LogP contribution in [0.2, 0.25) is 0 Å². The molecule has 0 N–H and O–H groups in total. The molecule has 0 unspecified atom stereocenters. The Morgan fingerprint density at radius 2 is 1.71 bits per heavy atom. The predicted octanol–water partition coefficient (Wildman–Crippen LogP) is 4.21. The summed E-state index contributed by atoms with van der Waals surface area (Å²) in [5, 5.41) is 1.98. The highest BCUT2D eigenvalue weighted by Gasteiger charge is 2.12. The first-order valence-electron chi connectivity index (χ1n) is 6.69. The Morgan fingerprint density at radius 1 is 0.857 bits per heavy atom. The molecule has 0 saturated carbocycles. The zero-order valence-corrected chi connectivity index (χ0v) is 11.1. The van der Waals surface area contributed by atoms with Gasteiger partial charge in [0.1, 0.15) is 11.2 Å². The molecule has 0 aliphatic carbocycles. The average molecular weight is 273 g/mol. The van der Waals surface area contributed by atoms with E-state index in [1.807, 2.05) is 36.4 Å². The predicted molar refractivity (Wildman–Crippen MR) is 81.4 cm³/mol. The largest absolute Gasteiger partial charge is 0.456 e. The molecular weight excluding hydrogens is 262 g/mol. The third kappa shape index (κ3) is 1.91. The van der Waals surface area contributed by atoms with Gasteiger partial charge < -0.3 is 4.42 Å². The minimum absolute atomic E-state index is 0.0321. The lowest BCUT2D eigenvalue weighted by Gasteiger charge is -2.00. The molecule has 0 aliphatic rings. The van der Waals surface area contributed by atoms with Crippen LogP contribution in [0.25, 0.3) is 21.9 Å². The van der Waals surface area contributed by atoms with Crippen LogP contribution in [-0.4, -0.2) is 10.8 Å². The number of aromatic nitrogens is 1. The third-order valence-electron chi connectivity index (χ3n) is 3.56. The molecule has 3 heteroatoms. The van der Waals surface area contributed by atoms with Gasteiger partial charge in [0.05, 0.1) is 0 Å². The summed E-state index contributed by atoms with van der Waals surface area (Å²) in [5.41, 5.74) is 2.85. The summed E-state index contributed by atoms with van der Waals surface area (Å²) < 4.78 is 5.77. The molecule has 100 valence electrons. The molecule has 2 aromatic heterocycles. The Bertz CT molecular complexity index is 955. The molecule has 4 aromatic rings. The number of carbonyl (C=O) groups is 1. The molecule has 3 nitrogen and oxygen atoms in total. The van der Waals surface area contributed by atoms with E-state index in [0.717, 1.165) is 21.9 Å². The maximum Gasteiger partial charge on any atom is 0.194 e. The van der Waals surface area contributed by atoms with E-state index in [1.165, 1.54) is 0 Å². The zero-order valence-electron chi connectivity index (χ0n) is 11.1.